The van der Waals surface area contributed by atoms with E-state index in [2.05, 4.69) is 23.5 Å². The van der Waals surface area contributed by atoms with Crippen LogP contribution in [0, 0.1) is 5.92 Å². The molecule has 2 heterocycles. The number of pyridine rings is 1. The fraction of sp³-hybridized carbons (Fsp3) is 0.462. The quantitative estimate of drug-likeness (QED) is 0.883. The van der Waals surface area contributed by atoms with E-state index >= 15 is 0 Å². The smallest absolute Gasteiger partial charge is 0.137 e. The third-order valence-electron chi connectivity index (χ3n) is 2.71. The van der Waals surface area contributed by atoms with E-state index in [0.717, 1.165) is 29.5 Å². The first-order valence-electron chi connectivity index (χ1n) is 6.02. The summed E-state index contributed by atoms with van der Waals surface area (Å²) in [4.78, 5) is 4.53. The number of hydrogen-bond acceptors (Lipinski definition) is 3. The zero-order valence-corrected chi connectivity index (χ0v) is 12.3. The van der Waals surface area contributed by atoms with Gasteiger partial charge in [0, 0.05) is 18.9 Å². The van der Waals surface area contributed by atoms with Crippen molar-refractivity contribution in [2.45, 2.75) is 13.5 Å². The molecule has 98 valence electrons. The third-order valence-corrected chi connectivity index (χ3v) is 3.84. The number of imidazole rings is 1. The van der Waals surface area contributed by atoms with E-state index in [9.17, 15) is 0 Å². The van der Waals surface area contributed by atoms with Crippen LogP contribution in [0.3, 0.4) is 0 Å². The molecule has 0 fully saturated rings. The highest BCUT2D eigenvalue weighted by atomic mass is 35.5. The van der Waals surface area contributed by atoms with Crippen LogP contribution in [0.4, 0.5) is 0 Å². The highest BCUT2D eigenvalue weighted by Crippen LogP contribution is 2.11. The molecule has 0 bridgehead atoms. The number of nitrogens with zero attached hydrogens (tertiary/aromatic N) is 2. The van der Waals surface area contributed by atoms with Crippen LogP contribution in [-0.4, -0.2) is 27.9 Å². The van der Waals surface area contributed by atoms with E-state index < -0.39 is 0 Å². The van der Waals surface area contributed by atoms with Crippen molar-refractivity contribution in [3.63, 3.8) is 0 Å². The summed E-state index contributed by atoms with van der Waals surface area (Å²) in [6.07, 6.45) is 6.04. The van der Waals surface area contributed by atoms with E-state index in [4.69, 9.17) is 11.6 Å². The van der Waals surface area contributed by atoms with Crippen molar-refractivity contribution in [1.82, 2.24) is 14.7 Å². The molecule has 0 aliphatic carbocycles. The molecule has 2 aromatic rings. The summed E-state index contributed by atoms with van der Waals surface area (Å²) in [5, 5.41) is 4.17. The first kappa shape index (κ1) is 13.7. The molecule has 0 amide bonds. The summed E-state index contributed by atoms with van der Waals surface area (Å²) in [7, 11) is 0. The summed E-state index contributed by atoms with van der Waals surface area (Å²) in [5.41, 5.74) is 1.99. The normalized spacial score (nSPS) is 13.1. The molecule has 2 aromatic heterocycles. The van der Waals surface area contributed by atoms with Crippen molar-refractivity contribution >= 4 is 29.0 Å². The van der Waals surface area contributed by atoms with Crippen molar-refractivity contribution in [1.29, 1.82) is 0 Å². The van der Waals surface area contributed by atoms with Crippen LogP contribution in [0.15, 0.2) is 24.5 Å². The molecule has 1 N–H and O–H groups in total. The van der Waals surface area contributed by atoms with Crippen LogP contribution >= 0.6 is 23.4 Å². The van der Waals surface area contributed by atoms with Crippen molar-refractivity contribution in [2.75, 3.05) is 18.6 Å². The Labute approximate surface area is 117 Å². The van der Waals surface area contributed by atoms with Crippen LogP contribution in [0.25, 0.3) is 5.65 Å². The maximum Gasteiger partial charge on any atom is 0.137 e. The number of hydrogen-bond donors (Lipinski definition) is 1. The van der Waals surface area contributed by atoms with Crippen molar-refractivity contribution < 1.29 is 0 Å². The molecule has 0 saturated carbocycles. The average molecular weight is 284 g/mol. The molecular weight excluding hydrogens is 266 g/mol. The minimum atomic E-state index is 0.687. The van der Waals surface area contributed by atoms with Gasteiger partial charge in [-0.3, -0.25) is 0 Å². The Morgan fingerprint density at radius 3 is 3.06 bits per heavy atom. The van der Waals surface area contributed by atoms with Gasteiger partial charge in [0.15, 0.2) is 0 Å². The predicted octanol–water partition coefficient (Wildman–Crippen LogP) is 3.08. The molecule has 0 radical (unpaired) electrons. The van der Waals surface area contributed by atoms with E-state index in [1.54, 1.807) is 0 Å². The Morgan fingerprint density at radius 1 is 1.44 bits per heavy atom. The van der Waals surface area contributed by atoms with E-state index in [-0.39, 0.29) is 0 Å². The molecule has 1 atom stereocenters. The zero-order valence-electron chi connectivity index (χ0n) is 10.7. The summed E-state index contributed by atoms with van der Waals surface area (Å²) < 4.78 is 1.96. The van der Waals surface area contributed by atoms with Crippen LogP contribution in [-0.2, 0) is 6.54 Å². The molecule has 0 aliphatic rings. The lowest BCUT2D eigenvalue weighted by molar-refractivity contribution is 0.556. The van der Waals surface area contributed by atoms with Gasteiger partial charge in [0.1, 0.15) is 5.65 Å². The molecule has 18 heavy (non-hydrogen) atoms. The number of fused-ring (bicyclic) bond motifs is 1. The topological polar surface area (TPSA) is 29.3 Å². The molecular formula is C13H18ClN3S. The second-order valence-corrected chi connectivity index (χ2v) is 5.88. The maximum atomic E-state index is 5.94. The van der Waals surface area contributed by atoms with Crippen molar-refractivity contribution in [2.24, 2.45) is 5.92 Å². The lowest BCUT2D eigenvalue weighted by Gasteiger charge is -2.09. The minimum Gasteiger partial charge on any atom is -0.311 e. The van der Waals surface area contributed by atoms with Crippen LogP contribution in [0.1, 0.15) is 12.6 Å². The highest BCUT2D eigenvalue weighted by molar-refractivity contribution is 7.98. The van der Waals surface area contributed by atoms with Gasteiger partial charge in [-0.15, -0.1) is 0 Å². The SMILES string of the molecule is CSCC(C)CNCc1cn2cc(Cl)ccc2n1. The van der Waals surface area contributed by atoms with Gasteiger partial charge in [-0.05, 0) is 36.6 Å². The Balaban J connectivity index is 1.92. The predicted molar refractivity (Wildman–Crippen MR) is 79.5 cm³/mol. The van der Waals surface area contributed by atoms with Gasteiger partial charge in [0.05, 0.1) is 10.7 Å². The van der Waals surface area contributed by atoms with Gasteiger partial charge < -0.3 is 9.72 Å². The molecule has 0 aliphatic heterocycles. The molecule has 2 rings (SSSR count). The summed E-state index contributed by atoms with van der Waals surface area (Å²) in [5.74, 6) is 1.87. The molecule has 1 unspecified atom stereocenters. The van der Waals surface area contributed by atoms with Crippen molar-refractivity contribution in [3.8, 4) is 0 Å². The zero-order chi connectivity index (χ0) is 13.0. The Kier molecular flexibility index (Phi) is 4.92. The van der Waals surface area contributed by atoms with Gasteiger partial charge >= 0.3 is 0 Å². The van der Waals surface area contributed by atoms with E-state index in [1.807, 2.05) is 40.7 Å². The number of thioether (sulfide) groups is 1. The molecule has 0 aromatic carbocycles. The highest BCUT2D eigenvalue weighted by Gasteiger charge is 2.03. The molecule has 0 saturated heterocycles. The number of rotatable bonds is 6. The minimum absolute atomic E-state index is 0.687. The van der Waals surface area contributed by atoms with Crippen molar-refractivity contribution in [3.05, 3.63) is 35.2 Å². The second kappa shape index (κ2) is 6.45. The molecule has 3 nitrogen and oxygen atoms in total. The van der Waals surface area contributed by atoms with Gasteiger partial charge in [0.2, 0.25) is 0 Å². The van der Waals surface area contributed by atoms with E-state index in [1.165, 1.54) is 5.75 Å². The summed E-state index contributed by atoms with van der Waals surface area (Å²) in [6.45, 7) is 4.08. The van der Waals surface area contributed by atoms with Gasteiger partial charge in [-0.1, -0.05) is 18.5 Å². The maximum absolute atomic E-state index is 5.94. The number of halogens is 1. The first-order valence-corrected chi connectivity index (χ1v) is 7.79. The standard InChI is InChI=1S/C13H18ClN3S/c1-10(9-18-2)5-15-6-12-8-17-7-11(14)3-4-13(17)16-12/h3-4,7-8,10,15H,5-6,9H2,1-2H3. The summed E-state index contributed by atoms with van der Waals surface area (Å²) >= 11 is 7.83. The lowest BCUT2D eigenvalue weighted by Crippen LogP contribution is -2.22. The van der Waals surface area contributed by atoms with E-state index in [0.29, 0.717) is 5.92 Å². The number of nitrogens with one attached hydrogen (secondary N) is 1. The Bertz CT molecular complexity index is 512. The first-order chi connectivity index (χ1) is 8.69. The Morgan fingerprint density at radius 2 is 2.28 bits per heavy atom. The number of aromatic nitrogens is 2. The largest absolute Gasteiger partial charge is 0.311 e. The summed E-state index contributed by atoms with van der Waals surface area (Å²) in [6, 6.07) is 3.80. The Hall–Kier alpha value is -0.710. The molecule has 0 spiro atoms. The third kappa shape index (κ3) is 3.64. The fourth-order valence-electron chi connectivity index (χ4n) is 1.89. The molecule has 5 heteroatoms. The second-order valence-electron chi connectivity index (χ2n) is 4.54. The monoisotopic (exact) mass is 283 g/mol. The van der Waals surface area contributed by atoms with Crippen LogP contribution in [0.2, 0.25) is 5.02 Å². The van der Waals surface area contributed by atoms with Gasteiger partial charge in [0.25, 0.3) is 0 Å². The van der Waals surface area contributed by atoms with Crippen LogP contribution < -0.4 is 5.32 Å². The average Bonchev–Trinajstić information content (AvgIpc) is 2.71. The fourth-order valence-corrected chi connectivity index (χ4v) is 2.75. The lowest BCUT2D eigenvalue weighted by atomic mass is 10.2. The van der Waals surface area contributed by atoms with Gasteiger partial charge in [-0.25, -0.2) is 4.98 Å². The van der Waals surface area contributed by atoms with Gasteiger partial charge in [-0.2, -0.15) is 11.8 Å². The van der Waals surface area contributed by atoms with Crippen LogP contribution in [0.5, 0.6) is 0 Å².